The highest BCUT2D eigenvalue weighted by atomic mass is 127. The van der Waals surface area contributed by atoms with Gasteiger partial charge in [0, 0.05) is 6.20 Å². The van der Waals surface area contributed by atoms with Gasteiger partial charge in [0.15, 0.2) is 0 Å². The molecule has 0 saturated carbocycles. The van der Waals surface area contributed by atoms with Crippen LogP contribution in [-0.4, -0.2) is 22.9 Å². The Morgan fingerprint density at radius 1 is 1.53 bits per heavy atom. The van der Waals surface area contributed by atoms with E-state index in [1.807, 2.05) is 6.20 Å². The van der Waals surface area contributed by atoms with Crippen molar-refractivity contribution in [3.63, 3.8) is 0 Å². The van der Waals surface area contributed by atoms with Crippen LogP contribution < -0.4 is 5.32 Å². The van der Waals surface area contributed by atoms with E-state index in [1.54, 1.807) is 0 Å². The molecule has 0 fully saturated rings. The van der Waals surface area contributed by atoms with Crippen molar-refractivity contribution >= 4 is 22.6 Å². The van der Waals surface area contributed by atoms with Gasteiger partial charge < -0.3 is 5.32 Å². The maximum absolute atomic E-state index is 4.35. The van der Waals surface area contributed by atoms with Gasteiger partial charge >= 0.3 is 0 Å². The van der Waals surface area contributed by atoms with Crippen LogP contribution in [0, 0.1) is 9.49 Å². The molecule has 0 aliphatic rings. The highest BCUT2D eigenvalue weighted by Gasteiger charge is 2.14. The molecule has 15 heavy (non-hydrogen) atoms. The van der Waals surface area contributed by atoms with Crippen molar-refractivity contribution in [1.29, 1.82) is 0 Å². The fraction of sp³-hybridized carbons (Fsp3) is 0.727. The summed E-state index contributed by atoms with van der Waals surface area (Å²) in [6.07, 6.45) is 5.20. The molecule has 0 bridgehead atoms. The molecule has 0 aliphatic carbocycles. The van der Waals surface area contributed by atoms with E-state index in [-0.39, 0.29) is 0 Å². The van der Waals surface area contributed by atoms with Crippen LogP contribution >= 0.6 is 22.6 Å². The van der Waals surface area contributed by atoms with Crippen LogP contribution in [0.4, 0.5) is 0 Å². The molecule has 1 aromatic rings. The molecule has 0 spiro atoms. The third kappa shape index (κ3) is 4.10. The first-order valence-corrected chi connectivity index (χ1v) is 6.63. The Balaban J connectivity index is 2.42. The van der Waals surface area contributed by atoms with Gasteiger partial charge in [-0.25, -0.2) is 0 Å². The van der Waals surface area contributed by atoms with E-state index in [4.69, 9.17) is 0 Å². The highest BCUT2D eigenvalue weighted by Crippen LogP contribution is 2.16. The van der Waals surface area contributed by atoms with Crippen molar-refractivity contribution in [1.82, 2.24) is 15.1 Å². The molecule has 86 valence electrons. The number of aromatic nitrogens is 2. The number of hydrogen-bond donors (Lipinski definition) is 1. The number of hydrogen-bond acceptors (Lipinski definition) is 2. The molecular weight excluding hydrogens is 301 g/mol. The van der Waals surface area contributed by atoms with Gasteiger partial charge in [-0.1, -0.05) is 13.8 Å². The van der Waals surface area contributed by atoms with Gasteiger partial charge in [-0.05, 0) is 54.9 Å². The average Bonchev–Trinajstić information content (AvgIpc) is 2.64. The molecule has 1 heterocycles. The summed E-state index contributed by atoms with van der Waals surface area (Å²) in [4.78, 5) is 0. The molecular formula is C11H20IN3. The number of halogens is 1. The van der Waals surface area contributed by atoms with Gasteiger partial charge in [-0.3, -0.25) is 4.68 Å². The van der Waals surface area contributed by atoms with Crippen LogP contribution in [0.5, 0.6) is 0 Å². The second-order valence-electron chi connectivity index (χ2n) is 4.06. The quantitative estimate of drug-likeness (QED) is 0.645. The van der Waals surface area contributed by atoms with Crippen LogP contribution in [0.3, 0.4) is 0 Å². The lowest BCUT2D eigenvalue weighted by molar-refractivity contribution is 0.337. The monoisotopic (exact) mass is 321 g/mol. The molecule has 2 atom stereocenters. The van der Waals surface area contributed by atoms with Crippen LogP contribution in [0.25, 0.3) is 0 Å². The lowest BCUT2D eigenvalue weighted by Gasteiger charge is -2.20. The van der Waals surface area contributed by atoms with Crippen LogP contribution in [0.15, 0.2) is 12.4 Å². The first-order chi connectivity index (χ1) is 7.15. The Kier molecular flexibility index (Phi) is 5.60. The van der Waals surface area contributed by atoms with Crippen molar-refractivity contribution < 1.29 is 0 Å². The summed E-state index contributed by atoms with van der Waals surface area (Å²) >= 11 is 2.29. The number of nitrogens with zero attached hydrogens (tertiary/aromatic N) is 2. The summed E-state index contributed by atoms with van der Waals surface area (Å²) in [5.74, 6) is 0.604. The van der Waals surface area contributed by atoms with Gasteiger partial charge in [0.2, 0.25) is 0 Å². The molecule has 0 radical (unpaired) electrons. The van der Waals surface area contributed by atoms with Gasteiger partial charge in [-0.15, -0.1) is 0 Å². The third-order valence-corrected chi connectivity index (χ3v) is 3.26. The molecule has 1 N–H and O–H groups in total. The van der Waals surface area contributed by atoms with Gasteiger partial charge in [0.1, 0.15) is 0 Å². The Hall–Kier alpha value is -0.100. The first kappa shape index (κ1) is 13.0. The first-order valence-electron chi connectivity index (χ1n) is 5.55. The zero-order valence-electron chi connectivity index (χ0n) is 9.70. The Bertz CT molecular complexity index is 285. The summed E-state index contributed by atoms with van der Waals surface area (Å²) in [7, 11) is 0. The summed E-state index contributed by atoms with van der Waals surface area (Å²) in [6, 6.07) is 0.456. The molecule has 3 nitrogen and oxygen atoms in total. The lowest BCUT2D eigenvalue weighted by atomic mass is 10.0. The van der Waals surface area contributed by atoms with Crippen LogP contribution in [-0.2, 0) is 0 Å². The van der Waals surface area contributed by atoms with Gasteiger partial charge in [0.05, 0.1) is 15.8 Å². The van der Waals surface area contributed by atoms with E-state index in [0.717, 1.165) is 13.1 Å². The normalized spacial score (nSPS) is 15.2. The fourth-order valence-electron chi connectivity index (χ4n) is 1.48. The zero-order valence-corrected chi connectivity index (χ0v) is 11.9. The van der Waals surface area contributed by atoms with Crippen molar-refractivity contribution in [2.24, 2.45) is 5.92 Å². The van der Waals surface area contributed by atoms with E-state index in [0.29, 0.717) is 12.0 Å². The minimum absolute atomic E-state index is 0.456. The molecule has 0 saturated heterocycles. The summed E-state index contributed by atoms with van der Waals surface area (Å²) in [6.45, 7) is 8.85. The maximum atomic E-state index is 4.35. The Labute approximate surface area is 106 Å². The Morgan fingerprint density at radius 2 is 2.27 bits per heavy atom. The van der Waals surface area contributed by atoms with Gasteiger partial charge in [-0.2, -0.15) is 5.10 Å². The van der Waals surface area contributed by atoms with E-state index in [9.17, 15) is 0 Å². The topological polar surface area (TPSA) is 29.9 Å². The minimum Gasteiger partial charge on any atom is -0.316 e. The largest absolute Gasteiger partial charge is 0.316 e. The predicted molar refractivity (Wildman–Crippen MR) is 72.0 cm³/mol. The maximum Gasteiger partial charge on any atom is 0.0623 e. The zero-order chi connectivity index (χ0) is 11.3. The van der Waals surface area contributed by atoms with Crippen molar-refractivity contribution in [3.8, 4) is 0 Å². The average molecular weight is 321 g/mol. The highest BCUT2D eigenvalue weighted by molar-refractivity contribution is 14.1. The predicted octanol–water partition coefficient (Wildman–Crippen LogP) is 2.68. The van der Waals surface area contributed by atoms with E-state index in [1.165, 1.54) is 9.99 Å². The van der Waals surface area contributed by atoms with Crippen molar-refractivity contribution in [3.05, 3.63) is 16.0 Å². The lowest BCUT2D eigenvalue weighted by Crippen LogP contribution is -2.27. The van der Waals surface area contributed by atoms with Crippen LogP contribution in [0.2, 0.25) is 0 Å². The molecule has 2 unspecified atom stereocenters. The third-order valence-electron chi connectivity index (χ3n) is 2.70. The Morgan fingerprint density at radius 3 is 2.80 bits per heavy atom. The van der Waals surface area contributed by atoms with E-state index >= 15 is 0 Å². The fourth-order valence-corrected chi connectivity index (χ4v) is 1.89. The summed E-state index contributed by atoms with van der Waals surface area (Å²) in [5.41, 5.74) is 0. The number of rotatable bonds is 6. The van der Waals surface area contributed by atoms with Crippen LogP contribution in [0.1, 0.15) is 33.2 Å². The molecule has 0 aromatic carbocycles. The summed E-state index contributed by atoms with van der Waals surface area (Å²) in [5, 5.41) is 7.80. The molecule has 4 heteroatoms. The van der Waals surface area contributed by atoms with Crippen molar-refractivity contribution in [2.45, 2.75) is 33.2 Å². The second-order valence-corrected chi connectivity index (χ2v) is 5.31. The minimum atomic E-state index is 0.456. The van der Waals surface area contributed by atoms with E-state index in [2.05, 4.69) is 64.7 Å². The smallest absolute Gasteiger partial charge is 0.0623 e. The molecule has 1 aromatic heterocycles. The number of nitrogens with one attached hydrogen (secondary N) is 1. The van der Waals surface area contributed by atoms with E-state index < -0.39 is 0 Å². The van der Waals surface area contributed by atoms with Gasteiger partial charge in [0.25, 0.3) is 0 Å². The van der Waals surface area contributed by atoms with Crippen molar-refractivity contribution in [2.75, 3.05) is 13.1 Å². The SMILES string of the molecule is CCCNCC(C)C(C)n1cc(I)cn1. The standard InChI is InChI=1S/C11H20IN3/c1-4-5-13-6-9(2)10(3)15-8-11(12)7-14-15/h7-10,13H,4-6H2,1-3H3. The molecule has 0 amide bonds. The second kappa shape index (κ2) is 6.48. The molecule has 1 rings (SSSR count). The summed E-state index contributed by atoms with van der Waals surface area (Å²) < 4.78 is 3.26. The molecule has 0 aliphatic heterocycles.